The summed E-state index contributed by atoms with van der Waals surface area (Å²) in [4.78, 5) is 18.6. The largest absolute Gasteiger partial charge is 0.484 e. The first kappa shape index (κ1) is 15.1. The predicted octanol–water partition coefficient (Wildman–Crippen LogP) is 2.86. The lowest BCUT2D eigenvalue weighted by Gasteiger charge is -2.21. The van der Waals surface area contributed by atoms with Crippen molar-refractivity contribution < 1.29 is 18.4 Å². The molecule has 1 unspecified atom stereocenters. The fraction of sp³-hybridized carbons (Fsp3) is 0.471. The number of benzene rings is 1. The van der Waals surface area contributed by atoms with Crippen LogP contribution in [0.5, 0.6) is 5.75 Å². The van der Waals surface area contributed by atoms with Gasteiger partial charge in [0.25, 0.3) is 5.89 Å². The van der Waals surface area contributed by atoms with Crippen LogP contribution >= 0.6 is 0 Å². The van der Waals surface area contributed by atoms with E-state index in [9.17, 15) is 9.18 Å². The topological polar surface area (TPSA) is 68.5 Å². The third kappa shape index (κ3) is 3.11. The molecule has 1 aliphatic heterocycles. The van der Waals surface area contributed by atoms with Crippen molar-refractivity contribution in [1.29, 1.82) is 0 Å². The highest BCUT2D eigenvalue weighted by Crippen LogP contribution is 2.37. The molecule has 2 heterocycles. The molecule has 24 heavy (non-hydrogen) atoms. The standard InChI is InChI=1S/C17H18FN3O3/c18-12-5-7-13(8-6-12)23-10-15-19-16(20-24-15)14-2-1-9-21(14)17(22)11-3-4-11/h5-8,11,14H,1-4,9-10H2. The van der Waals surface area contributed by atoms with Gasteiger partial charge in [0, 0.05) is 12.5 Å². The van der Waals surface area contributed by atoms with Gasteiger partial charge in [0.2, 0.25) is 5.91 Å². The molecule has 2 aliphatic rings. The van der Waals surface area contributed by atoms with Gasteiger partial charge in [0.05, 0.1) is 6.04 Å². The number of carbonyl (C=O) groups is 1. The maximum atomic E-state index is 12.9. The zero-order valence-corrected chi connectivity index (χ0v) is 13.2. The first-order chi connectivity index (χ1) is 11.7. The molecule has 7 heteroatoms. The summed E-state index contributed by atoms with van der Waals surface area (Å²) in [5.41, 5.74) is 0. The summed E-state index contributed by atoms with van der Waals surface area (Å²) in [6.07, 6.45) is 3.80. The number of carbonyl (C=O) groups excluding carboxylic acids is 1. The van der Waals surface area contributed by atoms with Gasteiger partial charge in [0.15, 0.2) is 12.4 Å². The van der Waals surface area contributed by atoms with Crippen molar-refractivity contribution in [2.24, 2.45) is 5.92 Å². The lowest BCUT2D eigenvalue weighted by molar-refractivity contribution is -0.133. The number of hydrogen-bond acceptors (Lipinski definition) is 5. The molecular formula is C17H18FN3O3. The summed E-state index contributed by atoms with van der Waals surface area (Å²) >= 11 is 0. The minimum Gasteiger partial charge on any atom is -0.484 e. The average Bonchev–Trinajstić information content (AvgIpc) is 3.14. The zero-order valence-electron chi connectivity index (χ0n) is 13.2. The molecule has 2 aromatic rings. The Morgan fingerprint density at radius 1 is 1.29 bits per heavy atom. The molecule has 1 saturated heterocycles. The minimum atomic E-state index is -0.316. The third-order valence-electron chi connectivity index (χ3n) is 4.42. The highest BCUT2D eigenvalue weighted by atomic mass is 19.1. The average molecular weight is 331 g/mol. The molecule has 4 rings (SSSR count). The fourth-order valence-corrected chi connectivity index (χ4v) is 3.00. The molecule has 2 fully saturated rings. The highest BCUT2D eigenvalue weighted by Gasteiger charge is 2.40. The Kier molecular flexibility index (Phi) is 3.92. The van der Waals surface area contributed by atoms with Crippen LogP contribution in [-0.2, 0) is 11.4 Å². The number of aromatic nitrogens is 2. The van der Waals surface area contributed by atoms with Gasteiger partial charge in [-0.05, 0) is 49.9 Å². The Labute approximate surface area is 138 Å². The van der Waals surface area contributed by atoms with E-state index < -0.39 is 0 Å². The Hall–Kier alpha value is -2.44. The molecule has 1 atom stereocenters. The minimum absolute atomic E-state index is 0.0959. The Morgan fingerprint density at radius 2 is 2.08 bits per heavy atom. The van der Waals surface area contributed by atoms with Crippen molar-refractivity contribution in [2.45, 2.75) is 38.3 Å². The molecule has 126 valence electrons. The first-order valence-corrected chi connectivity index (χ1v) is 8.22. The van der Waals surface area contributed by atoms with Crippen LogP contribution in [0.4, 0.5) is 4.39 Å². The van der Waals surface area contributed by atoms with Crippen molar-refractivity contribution in [1.82, 2.24) is 15.0 Å². The lowest BCUT2D eigenvalue weighted by Crippen LogP contribution is -2.32. The van der Waals surface area contributed by atoms with Crippen molar-refractivity contribution in [3.63, 3.8) is 0 Å². The van der Waals surface area contributed by atoms with E-state index in [1.54, 1.807) is 12.1 Å². The molecule has 1 aliphatic carbocycles. The van der Waals surface area contributed by atoms with E-state index in [0.29, 0.717) is 17.5 Å². The van der Waals surface area contributed by atoms with E-state index in [1.165, 1.54) is 12.1 Å². The van der Waals surface area contributed by atoms with Crippen molar-refractivity contribution in [3.8, 4) is 5.75 Å². The molecule has 0 N–H and O–H groups in total. The number of ether oxygens (including phenoxy) is 1. The highest BCUT2D eigenvalue weighted by molar-refractivity contribution is 5.81. The van der Waals surface area contributed by atoms with Gasteiger partial charge in [-0.1, -0.05) is 5.16 Å². The quantitative estimate of drug-likeness (QED) is 0.843. The molecule has 0 radical (unpaired) electrons. The molecule has 1 saturated carbocycles. The third-order valence-corrected chi connectivity index (χ3v) is 4.42. The fourth-order valence-electron chi connectivity index (χ4n) is 3.00. The predicted molar refractivity (Wildman–Crippen MR) is 81.4 cm³/mol. The summed E-state index contributed by atoms with van der Waals surface area (Å²) in [7, 11) is 0. The van der Waals surface area contributed by atoms with E-state index in [0.717, 1.165) is 32.2 Å². The smallest absolute Gasteiger partial charge is 0.264 e. The summed E-state index contributed by atoms with van der Waals surface area (Å²) < 4.78 is 23.6. The molecule has 6 nitrogen and oxygen atoms in total. The molecular weight excluding hydrogens is 313 g/mol. The number of nitrogens with zero attached hydrogens (tertiary/aromatic N) is 3. The maximum absolute atomic E-state index is 12.9. The van der Waals surface area contributed by atoms with Crippen LogP contribution in [-0.4, -0.2) is 27.5 Å². The van der Waals surface area contributed by atoms with E-state index in [-0.39, 0.29) is 30.3 Å². The summed E-state index contributed by atoms with van der Waals surface area (Å²) in [6, 6.07) is 5.64. The molecule has 1 aromatic heterocycles. The van der Waals surface area contributed by atoms with Gasteiger partial charge in [0.1, 0.15) is 11.6 Å². The van der Waals surface area contributed by atoms with Crippen molar-refractivity contribution >= 4 is 5.91 Å². The number of amides is 1. The Morgan fingerprint density at radius 3 is 2.83 bits per heavy atom. The second-order valence-corrected chi connectivity index (χ2v) is 6.25. The van der Waals surface area contributed by atoms with Gasteiger partial charge < -0.3 is 14.2 Å². The van der Waals surface area contributed by atoms with E-state index in [2.05, 4.69) is 10.1 Å². The number of halogens is 1. The van der Waals surface area contributed by atoms with Gasteiger partial charge >= 0.3 is 0 Å². The molecule has 1 aromatic carbocycles. The summed E-state index contributed by atoms with van der Waals surface area (Å²) in [5.74, 6) is 1.51. The maximum Gasteiger partial charge on any atom is 0.264 e. The van der Waals surface area contributed by atoms with Gasteiger partial charge in [-0.15, -0.1) is 0 Å². The van der Waals surface area contributed by atoms with Gasteiger partial charge in [-0.3, -0.25) is 4.79 Å². The normalized spacial score (nSPS) is 20.4. The van der Waals surface area contributed by atoms with Crippen LogP contribution in [0.2, 0.25) is 0 Å². The lowest BCUT2D eigenvalue weighted by atomic mass is 10.2. The van der Waals surface area contributed by atoms with E-state index in [4.69, 9.17) is 9.26 Å². The van der Waals surface area contributed by atoms with Crippen LogP contribution in [0, 0.1) is 11.7 Å². The van der Waals surface area contributed by atoms with E-state index in [1.807, 2.05) is 4.90 Å². The van der Waals surface area contributed by atoms with Crippen LogP contribution in [0.3, 0.4) is 0 Å². The number of likely N-dealkylation sites (tertiary alicyclic amines) is 1. The first-order valence-electron chi connectivity index (χ1n) is 8.22. The molecule has 0 bridgehead atoms. The molecule has 1 amide bonds. The van der Waals surface area contributed by atoms with Gasteiger partial charge in [-0.2, -0.15) is 4.98 Å². The Bertz CT molecular complexity index is 727. The summed E-state index contributed by atoms with van der Waals surface area (Å²) in [5, 5.41) is 4.02. The van der Waals surface area contributed by atoms with Crippen molar-refractivity contribution in [3.05, 3.63) is 41.8 Å². The van der Waals surface area contributed by atoms with E-state index >= 15 is 0 Å². The Balaban J connectivity index is 1.40. The van der Waals surface area contributed by atoms with Crippen molar-refractivity contribution in [2.75, 3.05) is 6.54 Å². The summed E-state index contributed by atoms with van der Waals surface area (Å²) in [6.45, 7) is 0.873. The van der Waals surface area contributed by atoms with Crippen LogP contribution in [0.1, 0.15) is 43.4 Å². The van der Waals surface area contributed by atoms with Gasteiger partial charge in [-0.25, -0.2) is 4.39 Å². The van der Waals surface area contributed by atoms with Crippen LogP contribution in [0.25, 0.3) is 0 Å². The number of rotatable bonds is 5. The van der Waals surface area contributed by atoms with Crippen LogP contribution in [0.15, 0.2) is 28.8 Å². The second kappa shape index (κ2) is 6.22. The van der Waals surface area contributed by atoms with Crippen LogP contribution < -0.4 is 4.74 Å². The molecule has 0 spiro atoms. The SMILES string of the molecule is O=C(C1CC1)N1CCCC1c1noc(COc2ccc(F)cc2)n1. The second-order valence-electron chi connectivity index (χ2n) is 6.25. The zero-order chi connectivity index (χ0) is 16.5. The number of hydrogen-bond donors (Lipinski definition) is 0. The monoisotopic (exact) mass is 331 g/mol.